The van der Waals surface area contributed by atoms with Crippen LogP contribution in [0.2, 0.25) is 0 Å². The van der Waals surface area contributed by atoms with Crippen LogP contribution in [0.3, 0.4) is 0 Å². The number of rotatable bonds is 9. The van der Waals surface area contributed by atoms with Gasteiger partial charge in [0.05, 0.1) is 26.2 Å². The lowest BCUT2D eigenvalue weighted by molar-refractivity contribution is -0.155. The predicted octanol–water partition coefficient (Wildman–Crippen LogP) is 2.96. The monoisotopic (exact) mass is 338 g/mol. The molecule has 1 fully saturated rings. The Balaban J connectivity index is 2.11. The number of esters is 1. The van der Waals surface area contributed by atoms with Crippen molar-refractivity contribution < 1.29 is 28.5 Å². The van der Waals surface area contributed by atoms with E-state index in [4.69, 9.17) is 23.7 Å². The van der Waals surface area contributed by atoms with Crippen LogP contribution < -0.4 is 14.2 Å². The van der Waals surface area contributed by atoms with Crippen LogP contribution in [0.15, 0.2) is 12.1 Å². The molecular weight excluding hydrogens is 312 g/mol. The first kappa shape index (κ1) is 18.4. The van der Waals surface area contributed by atoms with Crippen LogP contribution in [0.4, 0.5) is 0 Å². The van der Waals surface area contributed by atoms with E-state index in [1.165, 1.54) is 0 Å². The van der Waals surface area contributed by atoms with Crippen LogP contribution in [-0.2, 0) is 20.9 Å². The lowest BCUT2D eigenvalue weighted by atomic mass is 9.91. The predicted molar refractivity (Wildman–Crippen MR) is 88.6 cm³/mol. The molecule has 134 valence electrons. The largest absolute Gasteiger partial charge is 0.493 e. The molecule has 0 aliphatic carbocycles. The lowest BCUT2D eigenvalue weighted by Crippen LogP contribution is -2.25. The summed E-state index contributed by atoms with van der Waals surface area (Å²) in [5.41, 5.74) is 0.278. The summed E-state index contributed by atoms with van der Waals surface area (Å²) < 4.78 is 27.1. The zero-order valence-corrected chi connectivity index (χ0v) is 15.0. The van der Waals surface area contributed by atoms with Crippen LogP contribution in [-0.4, -0.2) is 39.5 Å². The summed E-state index contributed by atoms with van der Waals surface area (Å²) in [6, 6.07) is 3.58. The molecule has 24 heavy (non-hydrogen) atoms. The highest BCUT2D eigenvalue weighted by atomic mass is 16.6. The number of methoxy groups -OCH3 is 2. The number of benzene rings is 1. The van der Waals surface area contributed by atoms with Crippen molar-refractivity contribution in [1.82, 2.24) is 0 Å². The molecule has 0 spiro atoms. The molecule has 1 heterocycles. The van der Waals surface area contributed by atoms with Gasteiger partial charge in [0.25, 0.3) is 0 Å². The quantitative estimate of drug-likeness (QED) is 0.509. The Morgan fingerprint density at radius 1 is 1.25 bits per heavy atom. The van der Waals surface area contributed by atoms with Gasteiger partial charge in [-0.15, -0.1) is 0 Å². The van der Waals surface area contributed by atoms with Gasteiger partial charge in [-0.2, -0.15) is 0 Å². The second-order valence-corrected chi connectivity index (χ2v) is 6.41. The third-order valence-corrected chi connectivity index (χ3v) is 4.14. The van der Waals surface area contributed by atoms with Crippen molar-refractivity contribution >= 4 is 5.97 Å². The van der Waals surface area contributed by atoms with E-state index in [1.54, 1.807) is 26.4 Å². The van der Waals surface area contributed by atoms with E-state index >= 15 is 0 Å². The Kier molecular flexibility index (Phi) is 5.94. The van der Waals surface area contributed by atoms with Crippen molar-refractivity contribution in [3.63, 3.8) is 0 Å². The minimum atomic E-state index is -0.499. The standard InChI is InChI=1S/C18H26O6/c1-6-18(2,3)17(19)24-9-12-7-14(20-4)16(15(8-12)21-5)23-11-13-10-22-13/h7-8,13H,6,9-11H2,1-5H3. The van der Waals surface area contributed by atoms with E-state index in [-0.39, 0.29) is 18.7 Å². The lowest BCUT2D eigenvalue weighted by Gasteiger charge is -2.21. The first-order valence-corrected chi connectivity index (χ1v) is 8.07. The summed E-state index contributed by atoms with van der Waals surface area (Å²) in [6.07, 6.45) is 0.852. The highest BCUT2D eigenvalue weighted by molar-refractivity contribution is 5.75. The van der Waals surface area contributed by atoms with Gasteiger partial charge < -0.3 is 23.7 Å². The van der Waals surface area contributed by atoms with E-state index < -0.39 is 5.41 Å². The molecule has 1 aromatic rings. The fourth-order valence-electron chi connectivity index (χ4n) is 1.99. The van der Waals surface area contributed by atoms with Gasteiger partial charge in [0.1, 0.15) is 19.3 Å². The molecule has 1 aromatic carbocycles. The second kappa shape index (κ2) is 7.75. The Morgan fingerprint density at radius 3 is 2.29 bits per heavy atom. The van der Waals surface area contributed by atoms with Gasteiger partial charge in [0, 0.05) is 0 Å². The van der Waals surface area contributed by atoms with Gasteiger partial charge in [-0.1, -0.05) is 6.92 Å². The van der Waals surface area contributed by atoms with E-state index in [1.807, 2.05) is 20.8 Å². The van der Waals surface area contributed by atoms with E-state index in [9.17, 15) is 4.79 Å². The van der Waals surface area contributed by atoms with Crippen molar-refractivity contribution in [2.45, 2.75) is 39.9 Å². The minimum absolute atomic E-state index is 0.135. The molecule has 1 aliphatic heterocycles. The maximum Gasteiger partial charge on any atom is 0.311 e. The van der Waals surface area contributed by atoms with Crippen molar-refractivity contribution in [3.05, 3.63) is 17.7 Å². The zero-order chi connectivity index (χ0) is 17.7. The molecule has 0 saturated carbocycles. The third-order valence-electron chi connectivity index (χ3n) is 4.14. The molecule has 0 N–H and O–H groups in total. The molecule has 1 aliphatic rings. The van der Waals surface area contributed by atoms with Crippen molar-refractivity contribution in [3.8, 4) is 17.2 Å². The van der Waals surface area contributed by atoms with Crippen LogP contribution in [0.1, 0.15) is 32.8 Å². The van der Waals surface area contributed by atoms with Crippen molar-refractivity contribution in [1.29, 1.82) is 0 Å². The van der Waals surface area contributed by atoms with Crippen LogP contribution in [0, 0.1) is 5.41 Å². The summed E-state index contributed by atoms with van der Waals surface area (Å²) in [6.45, 7) is 7.02. The number of ether oxygens (including phenoxy) is 5. The Morgan fingerprint density at radius 2 is 1.83 bits per heavy atom. The first-order chi connectivity index (χ1) is 11.4. The average molecular weight is 338 g/mol. The van der Waals surface area contributed by atoms with Crippen LogP contribution >= 0.6 is 0 Å². The number of carbonyl (C=O) groups is 1. The molecule has 2 rings (SSSR count). The van der Waals surface area contributed by atoms with Gasteiger partial charge in [0.2, 0.25) is 5.75 Å². The molecule has 1 unspecified atom stereocenters. The summed E-state index contributed by atoms with van der Waals surface area (Å²) in [5, 5.41) is 0. The molecule has 6 nitrogen and oxygen atoms in total. The summed E-state index contributed by atoms with van der Waals surface area (Å²) in [5.74, 6) is 1.38. The maximum atomic E-state index is 12.1. The minimum Gasteiger partial charge on any atom is -0.493 e. The summed E-state index contributed by atoms with van der Waals surface area (Å²) in [4.78, 5) is 12.1. The smallest absolute Gasteiger partial charge is 0.311 e. The second-order valence-electron chi connectivity index (χ2n) is 6.41. The van der Waals surface area contributed by atoms with Gasteiger partial charge in [-0.3, -0.25) is 4.79 Å². The Hall–Kier alpha value is -1.95. The molecule has 0 aromatic heterocycles. The number of epoxide rings is 1. The third kappa shape index (κ3) is 4.54. The molecule has 1 atom stereocenters. The zero-order valence-electron chi connectivity index (χ0n) is 15.0. The van der Waals surface area contributed by atoms with E-state index in [0.717, 1.165) is 5.56 Å². The van der Waals surface area contributed by atoms with Gasteiger partial charge >= 0.3 is 5.97 Å². The first-order valence-electron chi connectivity index (χ1n) is 8.07. The Bertz CT molecular complexity index is 552. The number of hydrogen-bond donors (Lipinski definition) is 0. The van der Waals surface area contributed by atoms with E-state index in [0.29, 0.717) is 36.9 Å². The Labute approximate surface area is 143 Å². The maximum absolute atomic E-state index is 12.1. The van der Waals surface area contributed by atoms with Gasteiger partial charge in [-0.05, 0) is 38.0 Å². The van der Waals surface area contributed by atoms with Crippen molar-refractivity contribution in [2.75, 3.05) is 27.4 Å². The van der Waals surface area contributed by atoms with E-state index in [2.05, 4.69) is 0 Å². The summed E-state index contributed by atoms with van der Waals surface area (Å²) in [7, 11) is 3.12. The SMILES string of the molecule is CCC(C)(C)C(=O)OCc1cc(OC)c(OCC2CO2)c(OC)c1. The topological polar surface area (TPSA) is 66.5 Å². The normalized spacial score (nSPS) is 16.5. The molecule has 0 bridgehead atoms. The summed E-state index contributed by atoms with van der Waals surface area (Å²) >= 11 is 0. The number of hydrogen-bond acceptors (Lipinski definition) is 6. The van der Waals surface area contributed by atoms with Gasteiger partial charge in [-0.25, -0.2) is 0 Å². The fraction of sp³-hybridized carbons (Fsp3) is 0.611. The highest BCUT2D eigenvalue weighted by Gasteiger charge is 2.28. The fourth-order valence-corrected chi connectivity index (χ4v) is 1.99. The average Bonchev–Trinajstić information content (AvgIpc) is 3.41. The van der Waals surface area contributed by atoms with Gasteiger partial charge in [0.15, 0.2) is 11.5 Å². The van der Waals surface area contributed by atoms with Crippen molar-refractivity contribution in [2.24, 2.45) is 5.41 Å². The number of carbonyl (C=O) groups excluding carboxylic acids is 1. The van der Waals surface area contributed by atoms with Crippen LogP contribution in [0.25, 0.3) is 0 Å². The highest BCUT2D eigenvalue weighted by Crippen LogP contribution is 2.39. The molecule has 0 radical (unpaired) electrons. The molecular formula is C18H26O6. The molecule has 0 amide bonds. The molecule has 1 saturated heterocycles. The van der Waals surface area contributed by atoms with Crippen LogP contribution in [0.5, 0.6) is 17.2 Å². The molecule has 6 heteroatoms.